The van der Waals surface area contributed by atoms with Crippen molar-refractivity contribution in [3.05, 3.63) is 0 Å². The molecule has 3 nitrogen and oxygen atoms in total. The van der Waals surface area contributed by atoms with E-state index in [2.05, 4.69) is 19.2 Å². The second kappa shape index (κ2) is 3.54. The Bertz CT molecular complexity index is 231. The van der Waals surface area contributed by atoms with Crippen LogP contribution in [-0.2, 0) is 4.79 Å². The number of nitrogens with one attached hydrogen (secondary N) is 1. The van der Waals surface area contributed by atoms with Crippen LogP contribution < -0.4 is 5.32 Å². The van der Waals surface area contributed by atoms with Crippen LogP contribution in [0.15, 0.2) is 0 Å². The van der Waals surface area contributed by atoms with Crippen LogP contribution in [0.1, 0.15) is 33.1 Å². The molecule has 1 aliphatic heterocycles. The van der Waals surface area contributed by atoms with Crippen molar-refractivity contribution in [2.24, 2.45) is 11.3 Å². The summed E-state index contributed by atoms with van der Waals surface area (Å²) in [6.45, 7) is 7.06. The zero-order valence-electron chi connectivity index (χ0n) is 9.18. The fraction of sp³-hybridized carbons (Fsp3) is 0.909. The van der Waals surface area contributed by atoms with Gasteiger partial charge in [0.1, 0.15) is 0 Å². The highest BCUT2D eigenvalue weighted by Gasteiger charge is 2.41. The molecule has 14 heavy (non-hydrogen) atoms. The van der Waals surface area contributed by atoms with E-state index in [1.165, 1.54) is 12.8 Å². The summed E-state index contributed by atoms with van der Waals surface area (Å²) >= 11 is 0. The Morgan fingerprint density at radius 2 is 2.29 bits per heavy atom. The molecule has 0 radical (unpaired) electrons. The molecule has 2 aliphatic rings. The smallest absolute Gasteiger partial charge is 0.227 e. The van der Waals surface area contributed by atoms with Crippen molar-refractivity contribution in [3.8, 4) is 0 Å². The number of carbonyl (C=O) groups is 1. The van der Waals surface area contributed by atoms with E-state index in [0.29, 0.717) is 5.91 Å². The molecule has 0 aromatic heterocycles. The summed E-state index contributed by atoms with van der Waals surface area (Å²) in [4.78, 5) is 14.1. The van der Waals surface area contributed by atoms with Crippen molar-refractivity contribution < 1.29 is 4.79 Å². The lowest BCUT2D eigenvalue weighted by atomic mass is 9.81. The van der Waals surface area contributed by atoms with Crippen LogP contribution in [0.25, 0.3) is 0 Å². The second-order valence-corrected chi connectivity index (χ2v) is 5.19. The molecule has 1 heterocycles. The maximum Gasteiger partial charge on any atom is 0.227 e. The molecule has 1 aliphatic carbocycles. The molecule has 0 aromatic carbocycles. The molecule has 1 unspecified atom stereocenters. The first kappa shape index (κ1) is 9.97. The lowest BCUT2D eigenvalue weighted by molar-refractivity contribution is -0.137. The van der Waals surface area contributed by atoms with Gasteiger partial charge in [0.2, 0.25) is 5.91 Å². The van der Waals surface area contributed by atoms with Crippen LogP contribution >= 0.6 is 0 Å². The Morgan fingerprint density at radius 1 is 1.50 bits per heavy atom. The van der Waals surface area contributed by atoms with Crippen molar-refractivity contribution in [2.75, 3.05) is 19.8 Å². The van der Waals surface area contributed by atoms with E-state index in [-0.39, 0.29) is 11.3 Å². The minimum Gasteiger partial charge on any atom is -0.328 e. The Morgan fingerprint density at radius 3 is 2.79 bits per heavy atom. The minimum absolute atomic E-state index is 0.222. The first-order chi connectivity index (χ1) is 6.61. The number of rotatable bonds is 1. The molecule has 0 spiro atoms. The van der Waals surface area contributed by atoms with Crippen LogP contribution in [-0.4, -0.2) is 30.6 Å². The Kier molecular flexibility index (Phi) is 2.52. The van der Waals surface area contributed by atoms with Crippen molar-refractivity contribution in [3.63, 3.8) is 0 Å². The summed E-state index contributed by atoms with van der Waals surface area (Å²) in [7, 11) is 0. The molecule has 1 atom stereocenters. The molecule has 80 valence electrons. The van der Waals surface area contributed by atoms with Gasteiger partial charge < -0.3 is 4.90 Å². The zero-order chi connectivity index (χ0) is 10.2. The summed E-state index contributed by atoms with van der Waals surface area (Å²) in [5.74, 6) is 0.639. The van der Waals surface area contributed by atoms with Gasteiger partial charge in [0, 0.05) is 19.0 Å². The average molecular weight is 196 g/mol. The maximum absolute atomic E-state index is 12.1. The molecule has 3 heteroatoms. The fourth-order valence-corrected chi connectivity index (χ4v) is 2.70. The van der Waals surface area contributed by atoms with Gasteiger partial charge in [0.25, 0.3) is 0 Å². The molecule has 0 aromatic rings. The van der Waals surface area contributed by atoms with Gasteiger partial charge in [-0.1, -0.05) is 20.3 Å². The quantitative estimate of drug-likeness (QED) is 0.683. The Hall–Kier alpha value is -0.570. The van der Waals surface area contributed by atoms with Gasteiger partial charge in [-0.05, 0) is 18.3 Å². The van der Waals surface area contributed by atoms with E-state index < -0.39 is 0 Å². The predicted octanol–water partition coefficient (Wildman–Crippen LogP) is 1.20. The van der Waals surface area contributed by atoms with Crippen molar-refractivity contribution in [1.29, 1.82) is 0 Å². The van der Waals surface area contributed by atoms with Crippen molar-refractivity contribution in [2.45, 2.75) is 33.1 Å². The molecule has 0 bridgehead atoms. The van der Waals surface area contributed by atoms with E-state index in [0.717, 1.165) is 26.2 Å². The normalized spacial score (nSPS) is 31.0. The van der Waals surface area contributed by atoms with Gasteiger partial charge in [0.05, 0.1) is 6.67 Å². The molecular formula is C11H20N2O. The van der Waals surface area contributed by atoms with Gasteiger partial charge in [-0.25, -0.2) is 0 Å². The average Bonchev–Trinajstić information content (AvgIpc) is 2.71. The molecule has 1 saturated carbocycles. The van der Waals surface area contributed by atoms with E-state index in [9.17, 15) is 4.79 Å². The van der Waals surface area contributed by atoms with E-state index in [1.54, 1.807) is 0 Å². The van der Waals surface area contributed by atoms with E-state index >= 15 is 0 Å². The molecule has 1 amide bonds. The lowest BCUT2D eigenvalue weighted by Gasteiger charge is -2.29. The number of hydrogen-bond acceptors (Lipinski definition) is 2. The zero-order valence-corrected chi connectivity index (χ0v) is 9.18. The van der Waals surface area contributed by atoms with Crippen LogP contribution in [0.2, 0.25) is 0 Å². The van der Waals surface area contributed by atoms with Crippen LogP contribution in [0.3, 0.4) is 0 Å². The van der Waals surface area contributed by atoms with E-state index in [1.807, 2.05) is 4.90 Å². The van der Waals surface area contributed by atoms with Crippen molar-refractivity contribution in [1.82, 2.24) is 10.2 Å². The Balaban J connectivity index is 2.03. The SMILES string of the molecule is CC1(C)CCCC1C(=O)N1CCNC1. The number of amides is 1. The largest absolute Gasteiger partial charge is 0.328 e. The molecule has 2 rings (SSSR count). The summed E-state index contributed by atoms with van der Waals surface area (Å²) in [5.41, 5.74) is 0.222. The van der Waals surface area contributed by atoms with Gasteiger partial charge in [-0.2, -0.15) is 0 Å². The number of carbonyl (C=O) groups excluding carboxylic acids is 1. The van der Waals surface area contributed by atoms with Crippen LogP contribution in [0.5, 0.6) is 0 Å². The molecule has 1 saturated heterocycles. The minimum atomic E-state index is 0.222. The number of nitrogens with zero attached hydrogens (tertiary/aromatic N) is 1. The summed E-state index contributed by atoms with van der Waals surface area (Å²) in [6, 6.07) is 0. The van der Waals surface area contributed by atoms with Crippen LogP contribution in [0.4, 0.5) is 0 Å². The predicted molar refractivity (Wildman–Crippen MR) is 55.7 cm³/mol. The monoisotopic (exact) mass is 196 g/mol. The first-order valence-corrected chi connectivity index (χ1v) is 5.61. The summed E-state index contributed by atoms with van der Waals surface area (Å²) in [5, 5.41) is 3.21. The summed E-state index contributed by atoms with van der Waals surface area (Å²) in [6.07, 6.45) is 3.50. The van der Waals surface area contributed by atoms with Gasteiger partial charge >= 0.3 is 0 Å². The van der Waals surface area contributed by atoms with Gasteiger partial charge in [0.15, 0.2) is 0 Å². The molecule has 2 fully saturated rings. The van der Waals surface area contributed by atoms with Crippen LogP contribution in [0, 0.1) is 11.3 Å². The second-order valence-electron chi connectivity index (χ2n) is 5.19. The Labute approximate surface area is 85.8 Å². The highest BCUT2D eigenvalue weighted by molar-refractivity contribution is 5.80. The molecule has 1 N–H and O–H groups in total. The third kappa shape index (κ3) is 1.65. The third-order valence-electron chi connectivity index (χ3n) is 3.73. The topological polar surface area (TPSA) is 32.3 Å². The highest BCUT2D eigenvalue weighted by atomic mass is 16.2. The highest BCUT2D eigenvalue weighted by Crippen LogP contribution is 2.43. The van der Waals surface area contributed by atoms with Gasteiger partial charge in [-0.15, -0.1) is 0 Å². The fourth-order valence-electron chi connectivity index (χ4n) is 2.70. The van der Waals surface area contributed by atoms with E-state index in [4.69, 9.17) is 0 Å². The third-order valence-corrected chi connectivity index (χ3v) is 3.73. The number of hydrogen-bond donors (Lipinski definition) is 1. The van der Waals surface area contributed by atoms with Crippen molar-refractivity contribution >= 4 is 5.91 Å². The summed E-state index contributed by atoms with van der Waals surface area (Å²) < 4.78 is 0. The first-order valence-electron chi connectivity index (χ1n) is 5.61. The molecular weight excluding hydrogens is 176 g/mol. The maximum atomic E-state index is 12.1. The standard InChI is InChI=1S/C11H20N2O/c1-11(2)5-3-4-9(11)10(14)13-7-6-12-8-13/h9,12H,3-8H2,1-2H3. The van der Waals surface area contributed by atoms with Gasteiger partial charge in [-0.3, -0.25) is 10.1 Å². The lowest BCUT2D eigenvalue weighted by Crippen LogP contribution is -2.39.